The lowest BCUT2D eigenvalue weighted by Gasteiger charge is -2.08. The fourth-order valence-corrected chi connectivity index (χ4v) is 4.81. The second-order valence-electron chi connectivity index (χ2n) is 4.76. The molecular formula is C13H16O5S. The number of sulfone groups is 1. The van der Waals surface area contributed by atoms with Crippen molar-refractivity contribution in [2.24, 2.45) is 5.41 Å². The number of hydrogen-bond donors (Lipinski definition) is 2. The van der Waals surface area contributed by atoms with E-state index in [-0.39, 0.29) is 5.75 Å². The first-order valence-corrected chi connectivity index (χ1v) is 7.74. The fraction of sp³-hybridized carbons (Fsp3) is 0.462. The molecule has 5 nitrogen and oxygen atoms in total. The summed E-state index contributed by atoms with van der Waals surface area (Å²) in [6.45, 7) is 0.811. The van der Waals surface area contributed by atoms with Crippen molar-refractivity contribution in [2.45, 2.75) is 18.1 Å². The Hall–Kier alpha value is -1.40. The zero-order chi connectivity index (χ0) is 14.3. The van der Waals surface area contributed by atoms with Crippen LogP contribution in [0, 0.1) is 5.41 Å². The maximum Gasteiger partial charge on any atom is 0.314 e. The highest BCUT2D eigenvalue weighted by atomic mass is 32.2. The molecular weight excluding hydrogens is 268 g/mol. The van der Waals surface area contributed by atoms with Crippen LogP contribution >= 0.6 is 0 Å². The first kappa shape index (κ1) is 14.0. The van der Waals surface area contributed by atoms with Gasteiger partial charge >= 0.3 is 5.97 Å². The molecule has 0 unspecified atom stereocenters. The molecule has 0 spiro atoms. The van der Waals surface area contributed by atoms with Gasteiger partial charge in [0, 0.05) is 11.7 Å². The number of hydrogen-bond acceptors (Lipinski definition) is 4. The van der Waals surface area contributed by atoms with Crippen molar-refractivity contribution in [1.82, 2.24) is 0 Å². The van der Waals surface area contributed by atoms with Gasteiger partial charge in [0.05, 0.1) is 11.9 Å². The predicted octanol–water partition coefficient (Wildman–Crippen LogP) is 0.650. The lowest BCUT2D eigenvalue weighted by atomic mass is 10.0. The van der Waals surface area contributed by atoms with E-state index in [0.29, 0.717) is 5.56 Å². The first-order chi connectivity index (χ1) is 8.91. The Balaban J connectivity index is 2.51. The average molecular weight is 284 g/mol. The molecule has 1 fully saturated rings. The third kappa shape index (κ3) is 1.95. The van der Waals surface area contributed by atoms with Gasteiger partial charge < -0.3 is 10.2 Å². The maximum absolute atomic E-state index is 12.0. The minimum absolute atomic E-state index is 0.129. The molecule has 19 heavy (non-hydrogen) atoms. The van der Waals surface area contributed by atoms with Gasteiger partial charge in [-0.05, 0) is 5.56 Å². The fourth-order valence-electron chi connectivity index (χ4n) is 2.76. The van der Waals surface area contributed by atoms with Crippen LogP contribution in [0.3, 0.4) is 0 Å². The second kappa shape index (κ2) is 4.61. The van der Waals surface area contributed by atoms with Gasteiger partial charge in [-0.2, -0.15) is 0 Å². The van der Waals surface area contributed by atoms with Crippen LogP contribution in [0.25, 0.3) is 0 Å². The van der Waals surface area contributed by atoms with E-state index in [1.807, 2.05) is 0 Å². The first-order valence-electron chi connectivity index (χ1n) is 6.02. The Labute approximate surface area is 111 Å². The topological polar surface area (TPSA) is 91.7 Å². The molecule has 0 saturated heterocycles. The molecule has 2 N–H and O–H groups in total. The van der Waals surface area contributed by atoms with E-state index in [0.717, 1.165) is 0 Å². The van der Waals surface area contributed by atoms with E-state index >= 15 is 0 Å². The van der Waals surface area contributed by atoms with Crippen molar-refractivity contribution in [2.75, 3.05) is 12.4 Å². The molecule has 0 heterocycles. The highest BCUT2D eigenvalue weighted by Crippen LogP contribution is 2.63. The Morgan fingerprint density at radius 1 is 1.32 bits per heavy atom. The van der Waals surface area contributed by atoms with Crippen molar-refractivity contribution >= 4 is 15.8 Å². The molecule has 2 rings (SSSR count). The van der Waals surface area contributed by atoms with Gasteiger partial charge in [0.1, 0.15) is 5.41 Å². The number of carboxylic acids is 1. The number of aliphatic carboxylic acids is 1. The summed E-state index contributed by atoms with van der Waals surface area (Å²) < 4.78 is 24.1. The lowest BCUT2D eigenvalue weighted by Crippen LogP contribution is -2.28. The molecule has 1 saturated carbocycles. The summed E-state index contributed by atoms with van der Waals surface area (Å²) in [6.07, 6.45) is 0. The molecule has 1 aliphatic rings. The number of carbonyl (C=O) groups is 1. The van der Waals surface area contributed by atoms with Gasteiger partial charge in [0.25, 0.3) is 0 Å². The van der Waals surface area contributed by atoms with E-state index in [2.05, 4.69) is 0 Å². The molecule has 0 bridgehead atoms. The second-order valence-corrected chi connectivity index (χ2v) is 7.18. The molecule has 0 amide bonds. The third-order valence-electron chi connectivity index (χ3n) is 3.86. The Morgan fingerprint density at radius 2 is 1.89 bits per heavy atom. The van der Waals surface area contributed by atoms with Crippen LogP contribution in [0.2, 0.25) is 0 Å². The summed E-state index contributed by atoms with van der Waals surface area (Å²) >= 11 is 0. The van der Waals surface area contributed by atoms with Crippen molar-refractivity contribution < 1.29 is 23.4 Å². The summed E-state index contributed by atoms with van der Waals surface area (Å²) in [5, 5.41) is 17.7. The lowest BCUT2D eigenvalue weighted by molar-refractivity contribution is -0.145. The summed E-state index contributed by atoms with van der Waals surface area (Å²) in [5.74, 6) is -2.07. The van der Waals surface area contributed by atoms with E-state index in [9.17, 15) is 23.4 Å². The Bertz CT molecular complexity index is 580. The normalized spacial score (nSPS) is 30.0. The monoisotopic (exact) mass is 284 g/mol. The van der Waals surface area contributed by atoms with E-state index in [1.165, 1.54) is 6.92 Å². The highest BCUT2D eigenvalue weighted by Gasteiger charge is 2.75. The van der Waals surface area contributed by atoms with E-state index < -0.39 is 39.0 Å². The van der Waals surface area contributed by atoms with Gasteiger partial charge in [0.15, 0.2) is 9.84 Å². The quantitative estimate of drug-likeness (QED) is 0.828. The van der Waals surface area contributed by atoms with Crippen molar-refractivity contribution in [3.63, 3.8) is 0 Å². The van der Waals surface area contributed by atoms with Crippen LogP contribution in [-0.4, -0.2) is 42.2 Å². The van der Waals surface area contributed by atoms with Crippen LogP contribution in [-0.2, 0) is 14.6 Å². The van der Waals surface area contributed by atoms with Crippen molar-refractivity contribution in [1.29, 1.82) is 0 Å². The van der Waals surface area contributed by atoms with Crippen LogP contribution in [0.4, 0.5) is 0 Å². The summed E-state index contributed by atoms with van der Waals surface area (Å²) in [6, 6.07) is 8.63. The minimum atomic E-state index is -3.53. The van der Waals surface area contributed by atoms with Crippen molar-refractivity contribution in [3.8, 4) is 0 Å². The van der Waals surface area contributed by atoms with Crippen LogP contribution in [0.1, 0.15) is 18.4 Å². The van der Waals surface area contributed by atoms with Gasteiger partial charge in [0.2, 0.25) is 0 Å². The summed E-state index contributed by atoms with van der Waals surface area (Å²) in [4.78, 5) is 11.4. The summed E-state index contributed by atoms with van der Waals surface area (Å²) in [5.41, 5.74) is -0.961. The zero-order valence-electron chi connectivity index (χ0n) is 10.5. The van der Waals surface area contributed by atoms with Crippen LogP contribution < -0.4 is 0 Å². The van der Waals surface area contributed by atoms with Gasteiger partial charge in [-0.25, -0.2) is 8.42 Å². The molecule has 0 aliphatic heterocycles. The van der Waals surface area contributed by atoms with E-state index in [1.54, 1.807) is 30.3 Å². The number of rotatable bonds is 5. The van der Waals surface area contributed by atoms with E-state index in [4.69, 9.17) is 0 Å². The zero-order valence-corrected chi connectivity index (χ0v) is 11.3. The molecule has 104 valence electrons. The SMILES string of the molecule is CCS(=O)(=O)[C@@H]1[C@H](c2ccccc2)[C@]1(CO)C(=O)O. The molecule has 1 aromatic rings. The number of benzene rings is 1. The number of carboxylic acid groups (broad SMARTS) is 1. The summed E-state index contributed by atoms with van der Waals surface area (Å²) in [7, 11) is -3.53. The van der Waals surface area contributed by atoms with Crippen LogP contribution in [0.15, 0.2) is 30.3 Å². The van der Waals surface area contributed by atoms with Crippen molar-refractivity contribution in [3.05, 3.63) is 35.9 Å². The minimum Gasteiger partial charge on any atom is -0.481 e. The molecule has 0 aromatic heterocycles. The van der Waals surface area contributed by atoms with Gasteiger partial charge in [-0.1, -0.05) is 37.3 Å². The molecule has 6 heteroatoms. The number of aliphatic hydroxyl groups is 1. The third-order valence-corrected chi connectivity index (χ3v) is 6.14. The predicted molar refractivity (Wildman–Crippen MR) is 69.6 cm³/mol. The smallest absolute Gasteiger partial charge is 0.314 e. The van der Waals surface area contributed by atoms with Gasteiger partial charge in [-0.15, -0.1) is 0 Å². The molecule has 1 aromatic carbocycles. The molecule has 0 radical (unpaired) electrons. The standard InChI is InChI=1S/C13H16O5S/c1-2-19(17,18)11-10(9-6-4-3-5-7-9)13(11,8-14)12(15)16/h3-7,10-11,14H,2,8H2,1H3,(H,15,16)/t10-,11+,13-/m0/s1. The van der Waals surface area contributed by atoms with Gasteiger partial charge in [-0.3, -0.25) is 4.79 Å². The maximum atomic E-state index is 12.0. The largest absolute Gasteiger partial charge is 0.481 e. The number of aliphatic hydroxyl groups excluding tert-OH is 1. The highest BCUT2D eigenvalue weighted by molar-refractivity contribution is 7.92. The Kier molecular flexibility index (Phi) is 3.40. The molecule has 1 aliphatic carbocycles. The molecule has 3 atom stereocenters. The average Bonchev–Trinajstić information content (AvgIpc) is 3.11. The van der Waals surface area contributed by atoms with Crippen LogP contribution in [0.5, 0.6) is 0 Å². The Morgan fingerprint density at radius 3 is 2.32 bits per heavy atom.